The fourth-order valence-corrected chi connectivity index (χ4v) is 13.5. The largest absolute Gasteiger partial charge is 0.481 e. The van der Waals surface area contributed by atoms with Gasteiger partial charge in [-0.2, -0.15) is 0 Å². The van der Waals surface area contributed by atoms with E-state index in [-0.39, 0.29) is 52.8 Å². The van der Waals surface area contributed by atoms with Crippen molar-refractivity contribution in [1.82, 2.24) is 0 Å². The van der Waals surface area contributed by atoms with Crippen molar-refractivity contribution >= 4 is 11.9 Å². The Morgan fingerprint density at radius 3 is 2.19 bits per heavy atom. The van der Waals surface area contributed by atoms with Gasteiger partial charge in [-0.05, 0) is 124 Å². The van der Waals surface area contributed by atoms with E-state index < -0.39 is 52.5 Å². The van der Waals surface area contributed by atoms with Crippen molar-refractivity contribution in [2.75, 3.05) is 0 Å². The van der Waals surface area contributed by atoms with Gasteiger partial charge in [0.1, 0.15) is 18.3 Å². The van der Waals surface area contributed by atoms with E-state index in [4.69, 9.17) is 18.9 Å². The number of carboxylic acids is 2. The summed E-state index contributed by atoms with van der Waals surface area (Å²) in [6.07, 6.45) is 5.50. The van der Waals surface area contributed by atoms with Gasteiger partial charge in [0.2, 0.25) is 0 Å². The van der Waals surface area contributed by atoms with Crippen LogP contribution in [0.1, 0.15) is 120 Å². The molecule has 0 spiro atoms. The highest BCUT2D eigenvalue weighted by Gasteiger charge is 2.73. The van der Waals surface area contributed by atoms with Crippen LogP contribution in [0.5, 0.6) is 0 Å². The Labute approximate surface area is 286 Å². The maximum atomic E-state index is 13.9. The van der Waals surface area contributed by atoms with E-state index in [9.17, 15) is 24.9 Å². The number of aliphatic hydroxyl groups is 1. The summed E-state index contributed by atoms with van der Waals surface area (Å²) >= 11 is 0. The molecule has 7 aliphatic rings. The third-order valence-electron chi connectivity index (χ3n) is 16.1. The summed E-state index contributed by atoms with van der Waals surface area (Å²) in [5.41, 5.74) is -1.92. The second-order valence-corrected chi connectivity index (χ2v) is 18.7. The van der Waals surface area contributed by atoms with E-state index in [1.807, 2.05) is 20.8 Å². The smallest absolute Gasteiger partial charge is 0.314 e. The van der Waals surface area contributed by atoms with Crippen molar-refractivity contribution in [3.63, 3.8) is 0 Å². The standard InChI is InChI=1S/C39H60O9/c1-20-12-17-38(32(41)42)18-19-39(33(43)44)23(27(38)21(20)2)10-11-25-36(8)15-14-26(34(4,5)24(36)13-16-37(25,39)9)46-31-28(40)30-29(22(3)45-31)47-35(6,7)48-30/h10,20-22,24-31,40H,11-19H2,1-9H3,(H,41,42)(H,43,44)/t20-,21+,22-,24+,25+,26-,27+,28-,29-,30+,31+,36+,37-,38-,39+/m0/s1. The summed E-state index contributed by atoms with van der Waals surface area (Å²) in [7, 11) is 0. The predicted molar refractivity (Wildman–Crippen MR) is 178 cm³/mol. The summed E-state index contributed by atoms with van der Waals surface area (Å²) in [4.78, 5) is 26.9. The molecule has 2 saturated heterocycles. The third-order valence-corrected chi connectivity index (χ3v) is 16.1. The zero-order valence-corrected chi connectivity index (χ0v) is 30.6. The molecule has 9 heteroatoms. The lowest BCUT2D eigenvalue weighted by molar-refractivity contribution is -0.312. The predicted octanol–water partition coefficient (Wildman–Crippen LogP) is 6.80. The van der Waals surface area contributed by atoms with Crippen LogP contribution in [0.15, 0.2) is 11.6 Å². The number of carbonyl (C=O) groups is 2. The van der Waals surface area contributed by atoms with Crippen molar-refractivity contribution in [1.29, 1.82) is 0 Å². The molecule has 0 aromatic rings. The first-order valence-corrected chi connectivity index (χ1v) is 18.8. The zero-order chi connectivity index (χ0) is 35.0. The number of fused-ring (bicyclic) bond motifs is 8. The zero-order valence-electron chi connectivity index (χ0n) is 30.6. The summed E-state index contributed by atoms with van der Waals surface area (Å²) in [6.45, 7) is 19.2. The molecule has 5 aliphatic carbocycles. The molecular formula is C39H60O9. The molecule has 0 bridgehead atoms. The lowest BCUT2D eigenvalue weighted by Crippen LogP contribution is -2.68. The van der Waals surface area contributed by atoms with E-state index in [0.717, 1.165) is 44.1 Å². The normalized spacial score (nSPS) is 53.6. The number of aliphatic hydroxyl groups excluding tert-OH is 1. The molecule has 7 rings (SSSR count). The maximum absolute atomic E-state index is 13.9. The topological polar surface area (TPSA) is 132 Å². The van der Waals surface area contributed by atoms with Crippen LogP contribution in [0, 0.1) is 56.7 Å². The minimum Gasteiger partial charge on any atom is -0.481 e. The van der Waals surface area contributed by atoms with Crippen LogP contribution in [0.2, 0.25) is 0 Å². The highest BCUT2D eigenvalue weighted by atomic mass is 16.8. The summed E-state index contributed by atoms with van der Waals surface area (Å²) in [5, 5.41) is 33.5. The molecule has 48 heavy (non-hydrogen) atoms. The van der Waals surface area contributed by atoms with Gasteiger partial charge in [0.25, 0.3) is 0 Å². The first-order valence-electron chi connectivity index (χ1n) is 18.8. The second-order valence-electron chi connectivity index (χ2n) is 18.7. The fraction of sp³-hybridized carbons (Fsp3) is 0.897. The number of allylic oxidation sites excluding steroid dienone is 1. The van der Waals surface area contributed by atoms with Crippen LogP contribution < -0.4 is 0 Å². The molecule has 270 valence electrons. The Hall–Kier alpha value is -1.52. The molecule has 2 heterocycles. The van der Waals surface area contributed by atoms with Crippen LogP contribution in [-0.2, 0) is 28.5 Å². The Bertz CT molecular complexity index is 1370. The average Bonchev–Trinajstić information content (AvgIpc) is 3.34. The van der Waals surface area contributed by atoms with E-state index >= 15 is 0 Å². The molecule has 6 fully saturated rings. The minimum absolute atomic E-state index is 0.112. The van der Waals surface area contributed by atoms with Gasteiger partial charge in [-0.1, -0.05) is 53.2 Å². The molecule has 0 radical (unpaired) electrons. The van der Waals surface area contributed by atoms with Gasteiger partial charge in [-0.25, -0.2) is 0 Å². The average molecular weight is 673 g/mol. The molecule has 3 N–H and O–H groups in total. The van der Waals surface area contributed by atoms with Crippen LogP contribution in [0.4, 0.5) is 0 Å². The molecule has 0 unspecified atom stereocenters. The summed E-state index contributed by atoms with van der Waals surface area (Å²) in [5.74, 6) is -1.69. The van der Waals surface area contributed by atoms with E-state index in [1.54, 1.807) is 0 Å². The summed E-state index contributed by atoms with van der Waals surface area (Å²) < 4.78 is 25.1. The van der Waals surface area contributed by atoms with Crippen LogP contribution >= 0.6 is 0 Å². The van der Waals surface area contributed by atoms with Crippen molar-refractivity contribution in [3.8, 4) is 0 Å². The molecule has 9 nitrogen and oxygen atoms in total. The molecule has 0 amide bonds. The molecule has 2 aliphatic heterocycles. The lowest BCUT2D eigenvalue weighted by Gasteiger charge is -2.70. The molecule has 0 aromatic carbocycles. The van der Waals surface area contributed by atoms with Gasteiger partial charge in [0.05, 0.1) is 23.0 Å². The van der Waals surface area contributed by atoms with Crippen molar-refractivity contribution < 1.29 is 43.9 Å². The molecular weight excluding hydrogens is 612 g/mol. The van der Waals surface area contributed by atoms with E-state index in [1.165, 1.54) is 0 Å². The number of hydrogen-bond donors (Lipinski definition) is 3. The van der Waals surface area contributed by atoms with Gasteiger partial charge in [0, 0.05) is 0 Å². The van der Waals surface area contributed by atoms with E-state index in [0.29, 0.717) is 25.2 Å². The van der Waals surface area contributed by atoms with Crippen LogP contribution in [-0.4, -0.2) is 69.9 Å². The number of hydrogen-bond acceptors (Lipinski definition) is 7. The van der Waals surface area contributed by atoms with Gasteiger partial charge in [0.15, 0.2) is 12.1 Å². The highest BCUT2D eigenvalue weighted by Crippen LogP contribution is 2.76. The lowest BCUT2D eigenvalue weighted by atomic mass is 9.33. The van der Waals surface area contributed by atoms with Gasteiger partial charge in [-0.15, -0.1) is 0 Å². The second kappa shape index (κ2) is 11.0. The van der Waals surface area contributed by atoms with Gasteiger partial charge in [-0.3, -0.25) is 9.59 Å². The van der Waals surface area contributed by atoms with Crippen LogP contribution in [0.3, 0.4) is 0 Å². The van der Waals surface area contributed by atoms with Gasteiger partial charge >= 0.3 is 11.9 Å². The maximum Gasteiger partial charge on any atom is 0.314 e. The molecule has 4 saturated carbocycles. The number of ether oxygens (including phenoxy) is 4. The quantitative estimate of drug-likeness (QED) is 0.218. The number of aliphatic carboxylic acids is 2. The third kappa shape index (κ3) is 4.45. The Balaban J connectivity index is 1.20. The summed E-state index contributed by atoms with van der Waals surface area (Å²) in [6, 6.07) is 0. The van der Waals surface area contributed by atoms with E-state index in [2.05, 4.69) is 47.6 Å². The molecule has 15 atom stereocenters. The Kier molecular flexibility index (Phi) is 7.99. The SMILES string of the molecule is C[C@@H]1[C@@H](C)CC[C@]2(C(=O)O)CC[C@]3(C(=O)O)C(=CC[C@@H]4[C@]5(C)CC[C@H](O[C@H]6O[C@@H](C)[C@@H]7OC(C)(C)O[C@@H]7[C@@H]6O)C(C)(C)[C@H]5CC[C@@]43C)[C@@H]12. The van der Waals surface area contributed by atoms with Gasteiger partial charge < -0.3 is 34.3 Å². The van der Waals surface area contributed by atoms with Crippen molar-refractivity contribution in [3.05, 3.63) is 11.6 Å². The van der Waals surface area contributed by atoms with Crippen molar-refractivity contribution in [2.24, 2.45) is 56.7 Å². The minimum atomic E-state index is -1.07. The monoisotopic (exact) mass is 672 g/mol. The first-order chi connectivity index (χ1) is 22.3. The van der Waals surface area contributed by atoms with Crippen molar-refractivity contribution in [2.45, 2.75) is 163 Å². The number of rotatable bonds is 4. The molecule has 0 aromatic heterocycles. The Morgan fingerprint density at radius 2 is 1.52 bits per heavy atom. The number of carboxylic acid groups (broad SMARTS) is 2. The first kappa shape index (κ1) is 34.9. The fourth-order valence-electron chi connectivity index (χ4n) is 13.5. The highest BCUT2D eigenvalue weighted by molar-refractivity contribution is 5.84. The van der Waals surface area contributed by atoms with Crippen LogP contribution in [0.25, 0.3) is 0 Å². The Morgan fingerprint density at radius 1 is 0.833 bits per heavy atom.